The molecule has 3 fully saturated rings. The van der Waals surface area contributed by atoms with Crippen molar-refractivity contribution in [2.45, 2.75) is 96.6 Å². The van der Waals surface area contributed by atoms with E-state index in [1.54, 1.807) is 0 Å². The number of rotatable bonds is 7. The number of fused-ring (bicyclic) bond motifs is 5. The zero-order chi connectivity index (χ0) is 22.2. The van der Waals surface area contributed by atoms with Crippen LogP contribution in [0.25, 0.3) is 0 Å². The lowest BCUT2D eigenvalue weighted by atomic mass is 9.49. The number of esters is 1. The molecule has 4 rings (SSSR count). The Morgan fingerprint density at radius 1 is 1.29 bits per heavy atom. The smallest absolute Gasteiger partial charge is 0.303 e. The maximum atomic E-state index is 11.6. The maximum Gasteiger partial charge on any atom is 0.303 e. The van der Waals surface area contributed by atoms with Crippen LogP contribution in [0.1, 0.15) is 72.1 Å². The van der Waals surface area contributed by atoms with Crippen molar-refractivity contribution < 1.29 is 28.9 Å². The molecule has 174 valence electrons. The molecule has 0 aromatic heterocycles. The Balaban J connectivity index is 1.47. The third-order valence-corrected chi connectivity index (χ3v) is 8.75. The highest BCUT2D eigenvalue weighted by atomic mass is 16.6. The van der Waals surface area contributed by atoms with Gasteiger partial charge in [0.05, 0.1) is 24.9 Å². The van der Waals surface area contributed by atoms with Gasteiger partial charge in [0, 0.05) is 31.3 Å². The van der Waals surface area contributed by atoms with Crippen LogP contribution in [0.4, 0.5) is 0 Å². The first-order valence-electron chi connectivity index (χ1n) is 12.0. The van der Waals surface area contributed by atoms with Crippen molar-refractivity contribution in [1.29, 1.82) is 0 Å². The van der Waals surface area contributed by atoms with Gasteiger partial charge in [-0.05, 0) is 56.3 Å². The summed E-state index contributed by atoms with van der Waals surface area (Å²) in [6.45, 7) is 7.10. The molecule has 1 saturated heterocycles. The van der Waals surface area contributed by atoms with Gasteiger partial charge in [-0.3, -0.25) is 4.79 Å². The molecule has 0 spiro atoms. The number of aliphatic hydroxyl groups is 1. The molecule has 4 aliphatic rings. The predicted octanol–water partition coefficient (Wildman–Crippen LogP) is 3.59. The Morgan fingerprint density at radius 3 is 2.84 bits per heavy atom. The Bertz CT molecular complexity index is 719. The van der Waals surface area contributed by atoms with E-state index in [-0.39, 0.29) is 41.0 Å². The Labute approximate surface area is 185 Å². The Hall–Kier alpha value is -1.24. The van der Waals surface area contributed by atoms with Crippen LogP contribution in [0, 0.1) is 22.7 Å². The van der Waals surface area contributed by atoms with Crippen molar-refractivity contribution >= 4 is 12.3 Å². The fourth-order valence-electron chi connectivity index (χ4n) is 6.93. The minimum atomic E-state index is -0.542. The molecule has 1 aliphatic heterocycles. The van der Waals surface area contributed by atoms with Gasteiger partial charge in [-0.2, -0.15) is 0 Å². The van der Waals surface area contributed by atoms with Crippen LogP contribution >= 0.6 is 0 Å². The molecule has 1 N–H and O–H groups in total. The van der Waals surface area contributed by atoms with Crippen molar-refractivity contribution in [1.82, 2.24) is 0 Å². The highest BCUT2D eigenvalue weighted by Crippen LogP contribution is 2.62. The van der Waals surface area contributed by atoms with Crippen molar-refractivity contribution in [3.05, 3.63) is 11.6 Å². The SMILES string of the molecule is CC(=O)OC1COC2C3C(O)C=C4C[C@@H](OCCCCC=O)CC[C@]4(C)C3CC[C@]12C. The standard InChI is InChI=1S/C25H38O6/c1-16(27)31-21-15-30-23-22-19(8-10-25(21,23)3)24(2)9-7-18(13-17(24)14-20(22)28)29-12-6-4-5-11-26/h11,14,18-23,28H,4-10,12-13,15H2,1-3H3/t18-,19?,20?,21?,22?,23?,24-,25+/m0/s1. The molecule has 5 unspecified atom stereocenters. The normalized spacial score (nSPS) is 43.9. The summed E-state index contributed by atoms with van der Waals surface area (Å²) in [4.78, 5) is 22.1. The van der Waals surface area contributed by atoms with Gasteiger partial charge in [0.25, 0.3) is 0 Å². The van der Waals surface area contributed by atoms with E-state index in [2.05, 4.69) is 19.9 Å². The van der Waals surface area contributed by atoms with E-state index in [0.29, 0.717) is 25.6 Å². The van der Waals surface area contributed by atoms with E-state index in [0.717, 1.165) is 51.2 Å². The van der Waals surface area contributed by atoms with E-state index >= 15 is 0 Å². The highest BCUT2D eigenvalue weighted by Gasteiger charge is 2.62. The second kappa shape index (κ2) is 8.95. The summed E-state index contributed by atoms with van der Waals surface area (Å²) in [6.07, 6.45) is 9.71. The van der Waals surface area contributed by atoms with E-state index in [1.165, 1.54) is 12.5 Å². The molecular formula is C25H38O6. The molecule has 31 heavy (non-hydrogen) atoms. The molecule has 0 amide bonds. The molecule has 0 aromatic carbocycles. The third kappa shape index (κ3) is 4.11. The van der Waals surface area contributed by atoms with Crippen LogP contribution in [-0.4, -0.2) is 55.0 Å². The van der Waals surface area contributed by atoms with Gasteiger partial charge < -0.3 is 24.1 Å². The van der Waals surface area contributed by atoms with Gasteiger partial charge in [0.1, 0.15) is 12.4 Å². The summed E-state index contributed by atoms with van der Waals surface area (Å²) in [5, 5.41) is 11.2. The van der Waals surface area contributed by atoms with Crippen LogP contribution in [0.15, 0.2) is 11.6 Å². The van der Waals surface area contributed by atoms with Gasteiger partial charge in [-0.15, -0.1) is 0 Å². The largest absolute Gasteiger partial charge is 0.459 e. The topological polar surface area (TPSA) is 82.1 Å². The predicted molar refractivity (Wildman–Crippen MR) is 115 cm³/mol. The number of aliphatic hydroxyl groups excluding tert-OH is 1. The monoisotopic (exact) mass is 434 g/mol. The van der Waals surface area contributed by atoms with Crippen LogP contribution in [0.5, 0.6) is 0 Å². The van der Waals surface area contributed by atoms with Crippen molar-refractivity contribution in [3.8, 4) is 0 Å². The van der Waals surface area contributed by atoms with Crippen LogP contribution < -0.4 is 0 Å². The van der Waals surface area contributed by atoms with E-state index in [1.807, 2.05) is 0 Å². The van der Waals surface area contributed by atoms with Crippen LogP contribution in [-0.2, 0) is 23.8 Å². The van der Waals surface area contributed by atoms with Crippen LogP contribution in [0.3, 0.4) is 0 Å². The number of carbonyl (C=O) groups excluding carboxylic acids is 2. The molecule has 0 aromatic rings. The Kier molecular flexibility index (Phi) is 6.62. The van der Waals surface area contributed by atoms with Crippen molar-refractivity contribution in [2.24, 2.45) is 22.7 Å². The summed E-state index contributed by atoms with van der Waals surface area (Å²) in [5.74, 6) is 0.138. The average molecular weight is 435 g/mol. The molecule has 0 bridgehead atoms. The fraction of sp³-hybridized carbons (Fsp3) is 0.840. The fourth-order valence-corrected chi connectivity index (χ4v) is 6.93. The van der Waals surface area contributed by atoms with Gasteiger partial charge in [0.2, 0.25) is 0 Å². The average Bonchev–Trinajstić information content (AvgIpc) is 3.04. The molecule has 0 radical (unpaired) electrons. The zero-order valence-corrected chi connectivity index (χ0v) is 19.2. The first-order chi connectivity index (χ1) is 14.8. The Morgan fingerprint density at radius 2 is 2.10 bits per heavy atom. The van der Waals surface area contributed by atoms with E-state index < -0.39 is 6.10 Å². The van der Waals surface area contributed by atoms with Crippen molar-refractivity contribution in [2.75, 3.05) is 13.2 Å². The first-order valence-corrected chi connectivity index (χ1v) is 12.0. The first kappa shape index (κ1) is 22.9. The number of aldehydes is 1. The molecular weight excluding hydrogens is 396 g/mol. The second-order valence-electron chi connectivity index (χ2n) is 10.6. The molecule has 6 nitrogen and oxygen atoms in total. The molecule has 1 heterocycles. The van der Waals surface area contributed by atoms with Gasteiger partial charge in [-0.25, -0.2) is 0 Å². The number of hydrogen-bond acceptors (Lipinski definition) is 6. The summed E-state index contributed by atoms with van der Waals surface area (Å²) in [7, 11) is 0. The second-order valence-corrected chi connectivity index (χ2v) is 10.6. The summed E-state index contributed by atoms with van der Waals surface area (Å²) in [6, 6.07) is 0. The summed E-state index contributed by atoms with van der Waals surface area (Å²) < 4.78 is 18.0. The molecule has 3 aliphatic carbocycles. The minimum Gasteiger partial charge on any atom is -0.459 e. The number of unbranched alkanes of at least 4 members (excludes halogenated alkanes) is 2. The zero-order valence-electron chi connectivity index (χ0n) is 19.2. The lowest BCUT2D eigenvalue weighted by Gasteiger charge is -2.58. The molecule has 6 heteroatoms. The summed E-state index contributed by atoms with van der Waals surface area (Å²) >= 11 is 0. The lowest BCUT2D eigenvalue weighted by molar-refractivity contribution is -0.157. The van der Waals surface area contributed by atoms with Gasteiger partial charge in [-0.1, -0.05) is 25.5 Å². The van der Waals surface area contributed by atoms with E-state index in [4.69, 9.17) is 14.2 Å². The van der Waals surface area contributed by atoms with Gasteiger partial charge in [0.15, 0.2) is 0 Å². The summed E-state index contributed by atoms with van der Waals surface area (Å²) in [5.41, 5.74) is 1.16. The van der Waals surface area contributed by atoms with Gasteiger partial charge >= 0.3 is 5.97 Å². The lowest BCUT2D eigenvalue weighted by Crippen LogP contribution is -2.58. The minimum absolute atomic E-state index is 0.0360. The van der Waals surface area contributed by atoms with E-state index in [9.17, 15) is 14.7 Å². The van der Waals surface area contributed by atoms with Crippen LogP contribution in [0.2, 0.25) is 0 Å². The van der Waals surface area contributed by atoms with Crippen molar-refractivity contribution in [3.63, 3.8) is 0 Å². The highest BCUT2D eigenvalue weighted by molar-refractivity contribution is 5.66. The number of carbonyl (C=O) groups is 2. The number of ether oxygens (including phenoxy) is 3. The third-order valence-electron chi connectivity index (χ3n) is 8.75. The molecule has 8 atom stereocenters. The quantitative estimate of drug-likeness (QED) is 0.285. The maximum absolute atomic E-state index is 11.6. The molecule has 2 saturated carbocycles. The number of hydrogen-bond donors (Lipinski definition) is 1.